The second kappa shape index (κ2) is 8.22. The van der Waals surface area contributed by atoms with E-state index in [1.807, 2.05) is 30.3 Å². The van der Waals surface area contributed by atoms with Crippen LogP contribution in [0.4, 0.5) is 0 Å². The SMILES string of the molecule is O=C(Cn1cnc(-c2ccccc2)cc1=O)NCCn1cnc(C2CC2)cc1=O. The topological polar surface area (TPSA) is 98.9 Å². The molecule has 8 heteroatoms. The summed E-state index contributed by atoms with van der Waals surface area (Å²) in [6, 6.07) is 12.3. The first-order valence-electron chi connectivity index (χ1n) is 9.55. The van der Waals surface area contributed by atoms with Gasteiger partial charge in [0, 0.05) is 36.7 Å². The van der Waals surface area contributed by atoms with Crippen LogP contribution in [0.5, 0.6) is 0 Å². The zero-order chi connectivity index (χ0) is 20.2. The molecule has 1 aliphatic carbocycles. The molecule has 1 aromatic carbocycles. The predicted octanol–water partition coefficient (Wildman–Crippen LogP) is 1.16. The first-order chi connectivity index (χ1) is 14.1. The number of hydrogen-bond donors (Lipinski definition) is 1. The number of carbonyl (C=O) groups is 1. The number of amides is 1. The monoisotopic (exact) mass is 391 g/mol. The van der Waals surface area contributed by atoms with Gasteiger partial charge in [-0.05, 0) is 12.8 Å². The molecule has 3 aromatic rings. The average Bonchev–Trinajstić information content (AvgIpc) is 3.57. The fourth-order valence-corrected chi connectivity index (χ4v) is 3.05. The van der Waals surface area contributed by atoms with Crippen LogP contribution in [0.2, 0.25) is 0 Å². The molecule has 4 rings (SSSR count). The summed E-state index contributed by atoms with van der Waals surface area (Å²) in [6.07, 6.45) is 5.08. The van der Waals surface area contributed by atoms with Gasteiger partial charge in [0.05, 0.1) is 24.0 Å². The molecule has 0 atom stereocenters. The van der Waals surface area contributed by atoms with Crippen LogP contribution in [0.1, 0.15) is 24.5 Å². The number of hydrogen-bond acceptors (Lipinski definition) is 5. The quantitative estimate of drug-likeness (QED) is 0.652. The van der Waals surface area contributed by atoms with E-state index in [0.717, 1.165) is 24.1 Å². The molecule has 29 heavy (non-hydrogen) atoms. The number of rotatable bonds is 7. The van der Waals surface area contributed by atoms with Gasteiger partial charge in [-0.15, -0.1) is 0 Å². The van der Waals surface area contributed by atoms with Crippen molar-refractivity contribution in [3.63, 3.8) is 0 Å². The Morgan fingerprint density at radius 2 is 1.72 bits per heavy atom. The van der Waals surface area contributed by atoms with Crippen molar-refractivity contribution in [1.29, 1.82) is 0 Å². The predicted molar refractivity (Wildman–Crippen MR) is 107 cm³/mol. The van der Waals surface area contributed by atoms with Crippen LogP contribution in [0.3, 0.4) is 0 Å². The van der Waals surface area contributed by atoms with Gasteiger partial charge in [-0.2, -0.15) is 0 Å². The van der Waals surface area contributed by atoms with E-state index in [2.05, 4.69) is 15.3 Å². The number of nitrogens with zero attached hydrogens (tertiary/aromatic N) is 4. The van der Waals surface area contributed by atoms with Gasteiger partial charge in [-0.3, -0.25) is 23.5 Å². The van der Waals surface area contributed by atoms with Crippen molar-refractivity contribution in [3.8, 4) is 11.3 Å². The first kappa shape index (κ1) is 18.8. The maximum absolute atomic E-state index is 12.3. The molecule has 1 saturated carbocycles. The normalized spacial score (nSPS) is 13.2. The molecular weight excluding hydrogens is 370 g/mol. The summed E-state index contributed by atoms with van der Waals surface area (Å²) in [6.45, 7) is 0.463. The lowest BCUT2D eigenvalue weighted by molar-refractivity contribution is -0.121. The van der Waals surface area contributed by atoms with Gasteiger partial charge in [-0.1, -0.05) is 30.3 Å². The number of nitrogens with one attached hydrogen (secondary N) is 1. The molecule has 0 aliphatic heterocycles. The van der Waals surface area contributed by atoms with Crippen molar-refractivity contribution in [1.82, 2.24) is 24.4 Å². The Labute approximate surface area is 166 Å². The average molecular weight is 391 g/mol. The van der Waals surface area contributed by atoms with Gasteiger partial charge in [0.2, 0.25) is 5.91 Å². The van der Waals surface area contributed by atoms with Crippen LogP contribution in [0.15, 0.2) is 64.7 Å². The van der Waals surface area contributed by atoms with Crippen molar-refractivity contribution >= 4 is 5.91 Å². The van der Waals surface area contributed by atoms with Gasteiger partial charge in [-0.25, -0.2) is 9.97 Å². The Kier molecular flexibility index (Phi) is 5.33. The highest BCUT2D eigenvalue weighted by Crippen LogP contribution is 2.38. The van der Waals surface area contributed by atoms with E-state index in [-0.39, 0.29) is 30.1 Å². The van der Waals surface area contributed by atoms with E-state index in [9.17, 15) is 14.4 Å². The third kappa shape index (κ3) is 4.66. The number of benzene rings is 1. The van der Waals surface area contributed by atoms with Gasteiger partial charge >= 0.3 is 0 Å². The Hall–Kier alpha value is -3.55. The summed E-state index contributed by atoms with van der Waals surface area (Å²) >= 11 is 0. The molecule has 0 radical (unpaired) electrons. The molecule has 1 N–H and O–H groups in total. The maximum Gasteiger partial charge on any atom is 0.254 e. The summed E-state index contributed by atoms with van der Waals surface area (Å²) < 4.78 is 2.72. The highest BCUT2D eigenvalue weighted by atomic mass is 16.2. The fourth-order valence-electron chi connectivity index (χ4n) is 3.05. The third-order valence-corrected chi connectivity index (χ3v) is 4.83. The van der Waals surface area contributed by atoms with Crippen LogP contribution in [-0.2, 0) is 17.9 Å². The van der Waals surface area contributed by atoms with E-state index >= 15 is 0 Å². The molecule has 0 unspecified atom stereocenters. The lowest BCUT2D eigenvalue weighted by atomic mass is 10.1. The molecule has 1 amide bonds. The zero-order valence-corrected chi connectivity index (χ0v) is 15.8. The Balaban J connectivity index is 1.32. The smallest absolute Gasteiger partial charge is 0.254 e. The number of carbonyl (C=O) groups excluding carboxylic acids is 1. The van der Waals surface area contributed by atoms with E-state index < -0.39 is 0 Å². The minimum absolute atomic E-state index is 0.118. The fraction of sp³-hybridized carbons (Fsp3) is 0.286. The Morgan fingerprint density at radius 1 is 1.00 bits per heavy atom. The summed E-state index contributed by atoms with van der Waals surface area (Å²) in [5, 5.41) is 2.72. The summed E-state index contributed by atoms with van der Waals surface area (Å²) in [7, 11) is 0. The summed E-state index contributed by atoms with van der Waals surface area (Å²) in [5.41, 5.74) is 1.83. The van der Waals surface area contributed by atoms with Crippen LogP contribution in [-0.4, -0.2) is 31.6 Å². The largest absolute Gasteiger partial charge is 0.353 e. The minimum atomic E-state index is -0.322. The van der Waals surface area contributed by atoms with E-state index in [0.29, 0.717) is 18.2 Å². The molecule has 8 nitrogen and oxygen atoms in total. The van der Waals surface area contributed by atoms with Gasteiger partial charge < -0.3 is 5.32 Å². The summed E-state index contributed by atoms with van der Waals surface area (Å²) in [4.78, 5) is 45.1. The van der Waals surface area contributed by atoms with Crippen molar-refractivity contribution in [2.24, 2.45) is 0 Å². The van der Waals surface area contributed by atoms with Crippen LogP contribution in [0, 0.1) is 0 Å². The van der Waals surface area contributed by atoms with Crippen LogP contribution < -0.4 is 16.4 Å². The standard InChI is InChI=1S/C21H21N5O3/c27-19(22-8-9-25-13-23-18(10-20(25)28)16-6-7-16)12-26-14-24-17(11-21(26)29)15-4-2-1-3-5-15/h1-5,10-11,13-14,16H,6-9,12H2,(H,22,27). The maximum atomic E-state index is 12.3. The van der Waals surface area contributed by atoms with Crippen molar-refractivity contribution in [2.45, 2.75) is 31.8 Å². The van der Waals surface area contributed by atoms with Crippen LogP contribution in [0.25, 0.3) is 11.3 Å². The molecule has 1 aliphatic rings. The van der Waals surface area contributed by atoms with Crippen molar-refractivity contribution < 1.29 is 4.79 Å². The highest BCUT2D eigenvalue weighted by Gasteiger charge is 2.25. The van der Waals surface area contributed by atoms with E-state index in [1.54, 1.807) is 6.07 Å². The van der Waals surface area contributed by atoms with Crippen molar-refractivity contribution in [3.05, 3.63) is 81.5 Å². The first-order valence-corrected chi connectivity index (χ1v) is 9.55. The Bertz CT molecular complexity index is 1130. The molecule has 1 fully saturated rings. The van der Waals surface area contributed by atoms with Crippen molar-refractivity contribution in [2.75, 3.05) is 6.54 Å². The second-order valence-electron chi connectivity index (χ2n) is 7.08. The lowest BCUT2D eigenvalue weighted by Crippen LogP contribution is -2.35. The van der Waals surface area contributed by atoms with Gasteiger partial charge in [0.1, 0.15) is 6.54 Å². The van der Waals surface area contributed by atoms with Crippen LogP contribution >= 0.6 is 0 Å². The highest BCUT2D eigenvalue weighted by molar-refractivity contribution is 5.75. The third-order valence-electron chi connectivity index (χ3n) is 4.83. The molecule has 148 valence electrons. The summed E-state index contributed by atoms with van der Waals surface area (Å²) in [5.74, 6) is 0.106. The Morgan fingerprint density at radius 3 is 2.41 bits per heavy atom. The molecule has 2 aromatic heterocycles. The second-order valence-corrected chi connectivity index (χ2v) is 7.08. The zero-order valence-electron chi connectivity index (χ0n) is 15.8. The molecular formula is C21H21N5O3. The lowest BCUT2D eigenvalue weighted by Gasteiger charge is -2.09. The molecule has 2 heterocycles. The minimum Gasteiger partial charge on any atom is -0.353 e. The number of aromatic nitrogens is 4. The molecule has 0 bridgehead atoms. The van der Waals surface area contributed by atoms with E-state index in [4.69, 9.17) is 0 Å². The van der Waals surface area contributed by atoms with Gasteiger partial charge in [0.25, 0.3) is 11.1 Å². The van der Waals surface area contributed by atoms with E-state index in [1.165, 1.54) is 27.9 Å². The molecule has 0 spiro atoms. The van der Waals surface area contributed by atoms with Gasteiger partial charge in [0.15, 0.2) is 0 Å². The molecule has 0 saturated heterocycles.